The molecule has 2 aromatic carbocycles. The fourth-order valence-corrected chi connectivity index (χ4v) is 6.38. The minimum Gasteiger partial charge on any atom is -0.507 e. The first-order valence-electron chi connectivity index (χ1n) is 15.5. The van der Waals surface area contributed by atoms with Crippen LogP contribution in [0.2, 0.25) is 0 Å². The first-order chi connectivity index (χ1) is 23.2. The molecule has 1 heterocycles. The highest BCUT2D eigenvalue weighted by molar-refractivity contribution is 6.31. The van der Waals surface area contributed by atoms with E-state index in [1.807, 2.05) is 0 Å². The number of carbonyl (C=O) groups is 6. The summed E-state index contributed by atoms with van der Waals surface area (Å²) in [5.74, 6) is -5.79. The van der Waals surface area contributed by atoms with E-state index in [0.29, 0.717) is 6.29 Å². The number of fused-ring (bicyclic) bond motifs is 3. The predicted molar refractivity (Wildman–Crippen MR) is 164 cm³/mol. The Morgan fingerprint density at radius 1 is 1.12 bits per heavy atom. The zero-order valence-electron chi connectivity index (χ0n) is 26.6. The van der Waals surface area contributed by atoms with Gasteiger partial charge in [-0.1, -0.05) is 12.1 Å². The number of carbonyl (C=O) groups excluding carboxylic acids is 6. The van der Waals surface area contributed by atoms with E-state index in [9.17, 15) is 49.2 Å². The Morgan fingerprint density at radius 2 is 1.84 bits per heavy atom. The zero-order chi connectivity index (χ0) is 35.8. The molecule has 1 saturated heterocycles. The summed E-state index contributed by atoms with van der Waals surface area (Å²) in [7, 11) is 1.30. The highest BCUT2D eigenvalue weighted by Crippen LogP contribution is 2.52. The van der Waals surface area contributed by atoms with Crippen molar-refractivity contribution in [1.82, 2.24) is 5.32 Å². The maximum atomic E-state index is 13.8. The monoisotopic (exact) mass is 684 g/mol. The summed E-state index contributed by atoms with van der Waals surface area (Å²) in [5, 5.41) is 47.5. The van der Waals surface area contributed by atoms with Gasteiger partial charge in [0.05, 0.1) is 42.1 Å². The van der Waals surface area contributed by atoms with E-state index in [1.165, 1.54) is 25.3 Å². The van der Waals surface area contributed by atoms with E-state index < -0.39 is 114 Å². The van der Waals surface area contributed by atoms with E-state index >= 15 is 0 Å². The molecule has 49 heavy (non-hydrogen) atoms. The largest absolute Gasteiger partial charge is 0.507 e. The summed E-state index contributed by atoms with van der Waals surface area (Å²) in [4.78, 5) is 75.4. The number of nitrogens with two attached hydrogens (primary N) is 1. The molecule has 0 radical (unpaired) electrons. The zero-order valence-corrected chi connectivity index (χ0v) is 26.6. The van der Waals surface area contributed by atoms with Gasteiger partial charge in [-0.05, 0) is 13.0 Å². The van der Waals surface area contributed by atoms with Gasteiger partial charge in [0.25, 0.3) is 0 Å². The van der Waals surface area contributed by atoms with Gasteiger partial charge in [0.15, 0.2) is 18.7 Å². The molecule has 0 spiro atoms. The van der Waals surface area contributed by atoms with Gasteiger partial charge < -0.3 is 55.2 Å². The SMILES string of the molecule is COc1cccc2c1C(=O)c1c(O)c3c(c(O)c1C2=O)C[C@@](O)(C(=O)COC(=O)CNC(=O)CCC=O)C[C@@H]3OC1CC(N)C(O)C(C)O1. The number of aldehydes is 1. The number of nitrogens with one attached hydrogen (secondary N) is 1. The number of aliphatic hydroxyl groups is 2. The third-order valence-corrected chi connectivity index (χ3v) is 8.95. The van der Waals surface area contributed by atoms with Gasteiger partial charge in [-0.3, -0.25) is 24.0 Å². The number of aromatic hydroxyl groups is 2. The Bertz CT molecular complexity index is 1710. The van der Waals surface area contributed by atoms with Crippen LogP contribution in [-0.2, 0) is 39.8 Å². The van der Waals surface area contributed by atoms with Crippen LogP contribution in [0.3, 0.4) is 0 Å². The third-order valence-electron chi connectivity index (χ3n) is 8.95. The van der Waals surface area contributed by atoms with E-state index in [1.54, 1.807) is 6.92 Å². The van der Waals surface area contributed by atoms with Gasteiger partial charge in [-0.25, -0.2) is 0 Å². The van der Waals surface area contributed by atoms with Gasteiger partial charge in [-0.2, -0.15) is 0 Å². The maximum absolute atomic E-state index is 13.8. The Morgan fingerprint density at radius 3 is 2.51 bits per heavy atom. The molecule has 0 aromatic heterocycles. The number of phenols is 2. The topological polar surface area (TPSA) is 258 Å². The molecule has 7 N–H and O–H groups in total. The van der Waals surface area contributed by atoms with Crippen LogP contribution in [0.15, 0.2) is 18.2 Å². The first-order valence-corrected chi connectivity index (χ1v) is 15.5. The highest BCUT2D eigenvalue weighted by Gasteiger charge is 2.50. The Labute approximate surface area is 279 Å². The first kappa shape index (κ1) is 35.6. The molecule has 5 rings (SSSR count). The Kier molecular flexibility index (Phi) is 10.2. The second-order valence-electron chi connectivity index (χ2n) is 12.1. The summed E-state index contributed by atoms with van der Waals surface area (Å²) >= 11 is 0. The van der Waals surface area contributed by atoms with Crippen LogP contribution in [0, 0.1) is 0 Å². The van der Waals surface area contributed by atoms with Crippen molar-refractivity contribution >= 4 is 35.5 Å². The number of phenolic OH excluding ortho intramolecular Hbond substituents is 2. The van der Waals surface area contributed by atoms with Crippen molar-refractivity contribution < 1.29 is 68.1 Å². The number of benzene rings is 2. The quantitative estimate of drug-likeness (QED) is 0.0857. The lowest BCUT2D eigenvalue weighted by molar-refractivity contribution is -0.247. The summed E-state index contributed by atoms with van der Waals surface area (Å²) in [5.41, 5.74) is 1.83. The van der Waals surface area contributed by atoms with Crippen molar-refractivity contribution in [1.29, 1.82) is 0 Å². The molecule has 2 aliphatic carbocycles. The summed E-state index contributed by atoms with van der Waals surface area (Å²) in [6, 6.07) is 3.47. The second-order valence-corrected chi connectivity index (χ2v) is 12.1. The number of methoxy groups -OCH3 is 1. The molecule has 16 heteroatoms. The number of hydrogen-bond acceptors (Lipinski definition) is 15. The molecule has 1 aliphatic heterocycles. The van der Waals surface area contributed by atoms with Crippen LogP contribution in [0.5, 0.6) is 17.2 Å². The van der Waals surface area contributed by atoms with Crippen molar-refractivity contribution in [2.45, 2.75) is 75.3 Å². The fraction of sp³-hybridized carbons (Fsp3) is 0.455. The summed E-state index contributed by atoms with van der Waals surface area (Å²) in [6.45, 7) is -0.0506. The Hall–Kier alpha value is -4.74. The predicted octanol–water partition coefficient (Wildman–Crippen LogP) is -0.352. The lowest BCUT2D eigenvalue weighted by Gasteiger charge is -2.42. The number of rotatable bonds is 11. The number of ketones is 3. The van der Waals surface area contributed by atoms with Gasteiger partial charge in [0, 0.05) is 54.8 Å². The molecule has 1 fully saturated rings. The number of esters is 1. The van der Waals surface area contributed by atoms with Crippen LogP contribution in [0.25, 0.3) is 0 Å². The van der Waals surface area contributed by atoms with Crippen molar-refractivity contribution in [2.75, 3.05) is 20.3 Å². The van der Waals surface area contributed by atoms with E-state index in [-0.39, 0.29) is 47.3 Å². The summed E-state index contributed by atoms with van der Waals surface area (Å²) < 4.78 is 22.1. The van der Waals surface area contributed by atoms with Crippen LogP contribution in [0.1, 0.15) is 81.7 Å². The van der Waals surface area contributed by atoms with Crippen LogP contribution >= 0.6 is 0 Å². The molecular formula is C33H36N2O14. The molecule has 4 unspecified atom stereocenters. The number of ether oxygens (including phenoxy) is 4. The van der Waals surface area contributed by atoms with Gasteiger partial charge in [0.2, 0.25) is 17.5 Å². The molecule has 1 amide bonds. The van der Waals surface area contributed by atoms with E-state index in [2.05, 4.69) is 5.32 Å². The number of hydrogen-bond donors (Lipinski definition) is 6. The van der Waals surface area contributed by atoms with Gasteiger partial charge in [0.1, 0.15) is 35.7 Å². The normalized spacial score (nSPS) is 25.8. The lowest BCUT2D eigenvalue weighted by Crippen LogP contribution is -2.53. The molecule has 0 saturated carbocycles. The number of amides is 1. The molecule has 2 aromatic rings. The molecule has 0 bridgehead atoms. The van der Waals surface area contributed by atoms with Crippen LogP contribution in [0.4, 0.5) is 0 Å². The van der Waals surface area contributed by atoms with Gasteiger partial charge in [-0.15, -0.1) is 0 Å². The second kappa shape index (κ2) is 14.0. The maximum Gasteiger partial charge on any atom is 0.325 e. The van der Waals surface area contributed by atoms with E-state index in [4.69, 9.17) is 24.7 Å². The minimum atomic E-state index is -2.42. The fourth-order valence-electron chi connectivity index (χ4n) is 6.38. The molecular weight excluding hydrogens is 648 g/mol. The van der Waals surface area contributed by atoms with Crippen molar-refractivity contribution in [2.24, 2.45) is 5.73 Å². The standard InChI is InChI=1S/C33H36N2O14/c1-14-28(40)17(34)9-23(48-14)49-19-11-33(45,20(37)13-47-22(39)12-35-21(38)7-4-8-36)10-16-25(19)32(44)27-26(30(16)42)29(41)15-5-3-6-18(46-2)24(15)31(27)43/h3,5-6,8,14,17,19,23,28,40,42,44-45H,4,7,9-13,34H2,1-2H3,(H,35,38)/t14?,17?,19-,23?,28?,33-/m0/s1. The minimum absolute atomic E-state index is 0.0538. The molecule has 16 nitrogen and oxygen atoms in total. The van der Waals surface area contributed by atoms with Crippen LogP contribution in [-0.4, -0.2) is 106 Å². The third kappa shape index (κ3) is 6.65. The molecule has 262 valence electrons. The molecule has 6 atom stereocenters. The van der Waals surface area contributed by atoms with Crippen molar-refractivity contribution in [3.05, 3.63) is 51.6 Å². The highest BCUT2D eigenvalue weighted by atomic mass is 16.7. The average Bonchev–Trinajstić information content (AvgIpc) is 3.07. The number of Topliss-reactive ketones (excluding diaryl/α,β-unsaturated/α-hetero) is 1. The summed E-state index contributed by atoms with van der Waals surface area (Å²) in [6.07, 6.45) is -5.49. The van der Waals surface area contributed by atoms with Crippen molar-refractivity contribution in [3.63, 3.8) is 0 Å². The smallest absolute Gasteiger partial charge is 0.325 e. The lowest BCUT2D eigenvalue weighted by atomic mass is 9.72. The van der Waals surface area contributed by atoms with E-state index in [0.717, 1.165) is 0 Å². The van der Waals surface area contributed by atoms with Gasteiger partial charge >= 0.3 is 5.97 Å². The molecule has 3 aliphatic rings. The number of aliphatic hydroxyl groups excluding tert-OH is 1. The van der Waals surface area contributed by atoms with Crippen LogP contribution < -0.4 is 15.8 Å². The van der Waals surface area contributed by atoms with Crippen molar-refractivity contribution in [3.8, 4) is 17.2 Å². The average molecular weight is 685 g/mol. The Balaban J connectivity index is 1.51.